The summed E-state index contributed by atoms with van der Waals surface area (Å²) in [5.74, 6) is 0.187. The van der Waals surface area contributed by atoms with Crippen LogP contribution >= 0.6 is 0 Å². The second-order valence-corrected chi connectivity index (χ2v) is 6.92. The maximum atomic E-state index is 13.0. The number of anilines is 1. The van der Waals surface area contributed by atoms with Crippen LogP contribution in [0.3, 0.4) is 0 Å². The van der Waals surface area contributed by atoms with Crippen LogP contribution in [0.4, 0.5) is 5.69 Å². The van der Waals surface area contributed by atoms with Gasteiger partial charge in [0.15, 0.2) is 0 Å². The number of methoxy groups -OCH3 is 1. The fraction of sp³-hybridized carbons (Fsp3) is 0.632. The van der Waals surface area contributed by atoms with E-state index in [2.05, 4.69) is 41.5 Å². The number of amides is 1. The SMILES string of the molecule is COC1(C(=O)N2CCC(N(C)c3ccccc3)CC2)CCNCC1. The third-order valence-electron chi connectivity index (χ3n) is 5.65. The first kappa shape index (κ1) is 17.2. The molecule has 0 bridgehead atoms. The van der Waals surface area contributed by atoms with Gasteiger partial charge in [-0.3, -0.25) is 4.79 Å². The molecule has 5 heteroatoms. The van der Waals surface area contributed by atoms with Gasteiger partial charge in [0, 0.05) is 39.0 Å². The average molecular weight is 331 g/mol. The minimum atomic E-state index is -0.608. The Morgan fingerprint density at radius 1 is 1.21 bits per heavy atom. The lowest BCUT2D eigenvalue weighted by atomic mass is 9.89. The fourth-order valence-electron chi connectivity index (χ4n) is 3.95. The molecular weight excluding hydrogens is 302 g/mol. The Balaban J connectivity index is 1.59. The first-order chi connectivity index (χ1) is 11.7. The normalized spacial score (nSPS) is 21.5. The van der Waals surface area contributed by atoms with Crippen LogP contribution in [0.15, 0.2) is 30.3 Å². The monoisotopic (exact) mass is 331 g/mol. The molecule has 1 N–H and O–H groups in total. The lowest BCUT2D eigenvalue weighted by molar-refractivity contribution is -0.159. The van der Waals surface area contributed by atoms with Gasteiger partial charge in [-0.15, -0.1) is 0 Å². The number of hydrogen-bond donors (Lipinski definition) is 1. The summed E-state index contributed by atoms with van der Waals surface area (Å²) in [7, 11) is 3.83. The highest BCUT2D eigenvalue weighted by atomic mass is 16.5. The van der Waals surface area contributed by atoms with Gasteiger partial charge in [0.05, 0.1) is 0 Å². The van der Waals surface area contributed by atoms with Crippen LogP contribution in [0.25, 0.3) is 0 Å². The number of carbonyl (C=O) groups is 1. The number of nitrogens with one attached hydrogen (secondary N) is 1. The summed E-state index contributed by atoms with van der Waals surface area (Å²) in [6.45, 7) is 3.35. The number of carbonyl (C=O) groups excluding carboxylic acids is 1. The van der Waals surface area contributed by atoms with Crippen LogP contribution in [0.5, 0.6) is 0 Å². The minimum absolute atomic E-state index is 0.187. The predicted octanol–water partition coefficient (Wildman–Crippen LogP) is 1.88. The number of nitrogens with zero attached hydrogens (tertiary/aromatic N) is 2. The largest absolute Gasteiger partial charge is 0.371 e. The summed E-state index contributed by atoms with van der Waals surface area (Å²) in [4.78, 5) is 17.4. The summed E-state index contributed by atoms with van der Waals surface area (Å²) in [5, 5.41) is 3.31. The van der Waals surface area contributed by atoms with Crippen LogP contribution in [-0.4, -0.2) is 62.8 Å². The quantitative estimate of drug-likeness (QED) is 0.915. The third-order valence-corrected chi connectivity index (χ3v) is 5.65. The second kappa shape index (κ2) is 7.53. The first-order valence-corrected chi connectivity index (χ1v) is 8.99. The summed E-state index contributed by atoms with van der Waals surface area (Å²) in [5.41, 5.74) is 0.637. The lowest BCUT2D eigenvalue weighted by Gasteiger charge is -2.43. The summed E-state index contributed by atoms with van der Waals surface area (Å²) < 4.78 is 5.70. The van der Waals surface area contributed by atoms with Crippen LogP contribution < -0.4 is 10.2 Å². The minimum Gasteiger partial charge on any atom is -0.371 e. The molecule has 0 spiro atoms. The molecule has 2 aliphatic rings. The number of ether oxygens (including phenoxy) is 1. The van der Waals surface area contributed by atoms with Crippen molar-refractivity contribution < 1.29 is 9.53 Å². The highest BCUT2D eigenvalue weighted by molar-refractivity contribution is 5.85. The molecule has 2 heterocycles. The summed E-state index contributed by atoms with van der Waals surface area (Å²) >= 11 is 0. The van der Waals surface area contributed by atoms with E-state index in [1.807, 2.05) is 11.0 Å². The Morgan fingerprint density at radius 3 is 2.42 bits per heavy atom. The maximum Gasteiger partial charge on any atom is 0.254 e. The van der Waals surface area contributed by atoms with E-state index in [0.29, 0.717) is 6.04 Å². The van der Waals surface area contributed by atoms with Crippen molar-refractivity contribution in [1.29, 1.82) is 0 Å². The zero-order chi connectivity index (χ0) is 17.0. The molecule has 2 fully saturated rings. The maximum absolute atomic E-state index is 13.0. The smallest absolute Gasteiger partial charge is 0.254 e. The molecule has 0 atom stereocenters. The molecular formula is C19H29N3O2. The van der Waals surface area contributed by atoms with Crippen LogP contribution in [0.1, 0.15) is 25.7 Å². The highest BCUT2D eigenvalue weighted by Gasteiger charge is 2.43. The fourth-order valence-corrected chi connectivity index (χ4v) is 3.95. The van der Waals surface area contributed by atoms with E-state index in [1.165, 1.54) is 5.69 Å². The van der Waals surface area contributed by atoms with Crippen LogP contribution in [0, 0.1) is 0 Å². The Kier molecular flexibility index (Phi) is 5.41. The second-order valence-electron chi connectivity index (χ2n) is 6.92. The molecule has 1 aromatic rings. The van der Waals surface area contributed by atoms with E-state index in [-0.39, 0.29) is 5.91 Å². The van der Waals surface area contributed by atoms with Gasteiger partial charge in [0.25, 0.3) is 5.91 Å². The molecule has 2 aliphatic heterocycles. The molecule has 0 aliphatic carbocycles. The van der Waals surface area contributed by atoms with E-state index in [1.54, 1.807) is 7.11 Å². The number of hydrogen-bond acceptors (Lipinski definition) is 4. The summed E-state index contributed by atoms with van der Waals surface area (Å²) in [6, 6.07) is 11.0. The molecule has 0 radical (unpaired) electrons. The van der Waals surface area contributed by atoms with E-state index >= 15 is 0 Å². The zero-order valence-corrected chi connectivity index (χ0v) is 14.8. The van der Waals surface area contributed by atoms with Gasteiger partial charge < -0.3 is 19.9 Å². The average Bonchev–Trinajstić information content (AvgIpc) is 2.68. The molecule has 0 saturated carbocycles. The molecule has 132 valence electrons. The molecule has 1 aromatic carbocycles. The van der Waals surface area contributed by atoms with E-state index < -0.39 is 5.60 Å². The molecule has 1 amide bonds. The van der Waals surface area contributed by atoms with Crippen molar-refractivity contribution in [3.63, 3.8) is 0 Å². The Morgan fingerprint density at radius 2 is 1.83 bits per heavy atom. The van der Waals surface area contributed by atoms with Gasteiger partial charge in [-0.25, -0.2) is 0 Å². The molecule has 0 aromatic heterocycles. The number of likely N-dealkylation sites (tertiary alicyclic amines) is 1. The number of benzene rings is 1. The first-order valence-electron chi connectivity index (χ1n) is 8.99. The van der Waals surface area contributed by atoms with E-state index in [4.69, 9.17) is 4.74 Å². The zero-order valence-electron chi connectivity index (χ0n) is 14.8. The molecule has 24 heavy (non-hydrogen) atoms. The molecule has 3 rings (SSSR count). The number of piperidine rings is 2. The van der Waals surface area contributed by atoms with Gasteiger partial charge in [-0.2, -0.15) is 0 Å². The highest BCUT2D eigenvalue weighted by Crippen LogP contribution is 2.28. The van der Waals surface area contributed by atoms with Gasteiger partial charge in [-0.05, 0) is 50.9 Å². The van der Waals surface area contributed by atoms with Gasteiger partial charge in [0.1, 0.15) is 5.60 Å². The third kappa shape index (κ3) is 3.42. The van der Waals surface area contributed by atoms with E-state index in [9.17, 15) is 4.79 Å². The molecule has 2 saturated heterocycles. The Hall–Kier alpha value is -1.59. The standard InChI is InChI=1S/C19H29N3O2/c1-21(16-6-4-3-5-7-16)17-8-14-22(15-9-17)18(23)19(24-2)10-12-20-13-11-19/h3-7,17,20H,8-15H2,1-2H3. The van der Waals surface area contributed by atoms with Crippen molar-refractivity contribution in [2.24, 2.45) is 0 Å². The van der Waals surface area contributed by atoms with Crippen molar-refractivity contribution in [2.75, 3.05) is 45.2 Å². The topological polar surface area (TPSA) is 44.8 Å². The molecule has 5 nitrogen and oxygen atoms in total. The lowest BCUT2D eigenvalue weighted by Crippen LogP contribution is -2.57. The van der Waals surface area contributed by atoms with Gasteiger partial charge in [-0.1, -0.05) is 18.2 Å². The number of para-hydroxylation sites is 1. The van der Waals surface area contributed by atoms with Gasteiger partial charge >= 0.3 is 0 Å². The Bertz CT molecular complexity index is 535. The van der Waals surface area contributed by atoms with Crippen molar-refractivity contribution in [2.45, 2.75) is 37.3 Å². The van der Waals surface area contributed by atoms with Crippen molar-refractivity contribution in [1.82, 2.24) is 10.2 Å². The predicted molar refractivity (Wildman–Crippen MR) is 96.3 cm³/mol. The van der Waals surface area contributed by atoms with Crippen LogP contribution in [-0.2, 0) is 9.53 Å². The molecule has 0 unspecified atom stereocenters. The summed E-state index contributed by atoms with van der Waals surface area (Å²) in [6.07, 6.45) is 3.56. The number of rotatable bonds is 4. The van der Waals surface area contributed by atoms with Crippen molar-refractivity contribution >= 4 is 11.6 Å². The van der Waals surface area contributed by atoms with E-state index in [0.717, 1.165) is 51.9 Å². The van der Waals surface area contributed by atoms with Gasteiger partial charge in [0.2, 0.25) is 0 Å². The van der Waals surface area contributed by atoms with Crippen LogP contribution in [0.2, 0.25) is 0 Å². The van der Waals surface area contributed by atoms with Crippen molar-refractivity contribution in [3.05, 3.63) is 30.3 Å². The van der Waals surface area contributed by atoms with Crippen molar-refractivity contribution in [3.8, 4) is 0 Å². The Labute approximate surface area is 145 Å².